The van der Waals surface area contributed by atoms with Gasteiger partial charge < -0.3 is 0 Å². The van der Waals surface area contributed by atoms with E-state index >= 15 is 0 Å². The number of allylic oxidation sites excluding steroid dienone is 3. The maximum Gasteiger partial charge on any atom is 0.194 e. The smallest absolute Gasteiger partial charge is 0.194 e. The second-order valence-corrected chi connectivity index (χ2v) is 11.3. The lowest BCUT2D eigenvalue weighted by Crippen LogP contribution is -2.26. The molecule has 1 aliphatic rings. The molecule has 0 heterocycles. The van der Waals surface area contributed by atoms with Gasteiger partial charge in [0.25, 0.3) is 0 Å². The molecule has 4 heteroatoms. The van der Waals surface area contributed by atoms with Crippen LogP contribution < -0.4 is 0 Å². The highest BCUT2D eigenvalue weighted by molar-refractivity contribution is 6.27. The van der Waals surface area contributed by atoms with Crippen LogP contribution in [0, 0.1) is 17.8 Å². The first-order valence-electron chi connectivity index (χ1n) is 13.5. The lowest BCUT2D eigenvalue weighted by atomic mass is 9.83. The minimum Gasteiger partial charge on any atom is -0.289 e. The van der Waals surface area contributed by atoms with Crippen LogP contribution in [0.5, 0.6) is 0 Å². The number of carbonyl (C=O) groups excluding carboxylic acids is 2. The molecular weight excluding hydrogens is 436 g/mol. The first-order chi connectivity index (χ1) is 16.6. The van der Waals surface area contributed by atoms with Gasteiger partial charge in [0, 0.05) is 22.3 Å². The van der Waals surface area contributed by atoms with Gasteiger partial charge in [-0.2, -0.15) is 0 Å². The molecule has 4 nitrogen and oxygen atoms in total. The van der Waals surface area contributed by atoms with Crippen molar-refractivity contribution in [1.82, 2.24) is 0 Å². The fraction of sp³-hybridized carbons (Fsp3) is 0.613. The number of hydrogen-bond donors (Lipinski definition) is 1. The molecule has 1 aromatic rings. The Balaban J connectivity index is 1.83. The molecular formula is C31H46O4. The van der Waals surface area contributed by atoms with Crippen LogP contribution in [0.1, 0.15) is 120 Å². The Morgan fingerprint density at radius 3 is 1.91 bits per heavy atom. The summed E-state index contributed by atoms with van der Waals surface area (Å²) < 4.78 is 0. The molecule has 0 bridgehead atoms. The molecule has 0 aliphatic heterocycles. The summed E-state index contributed by atoms with van der Waals surface area (Å²) in [5, 5.41) is 9.61. The fourth-order valence-electron chi connectivity index (χ4n) is 4.92. The summed E-state index contributed by atoms with van der Waals surface area (Å²) >= 11 is 0. The molecule has 0 spiro atoms. The molecule has 1 aliphatic carbocycles. The molecule has 2 rings (SSSR count). The molecule has 35 heavy (non-hydrogen) atoms. The molecule has 0 amide bonds. The van der Waals surface area contributed by atoms with Gasteiger partial charge in [0.05, 0.1) is 0 Å². The van der Waals surface area contributed by atoms with Crippen LogP contribution >= 0.6 is 0 Å². The van der Waals surface area contributed by atoms with Gasteiger partial charge in [-0.05, 0) is 50.5 Å². The van der Waals surface area contributed by atoms with Crippen LogP contribution in [0.4, 0.5) is 0 Å². The molecule has 1 N–H and O–H groups in total. The van der Waals surface area contributed by atoms with E-state index in [2.05, 4.69) is 27.7 Å². The number of carbonyl (C=O) groups is 2. The highest BCUT2D eigenvalue weighted by Crippen LogP contribution is 2.29. The van der Waals surface area contributed by atoms with E-state index in [0.717, 1.165) is 24.7 Å². The minimum atomic E-state index is -0.905. The zero-order valence-electron chi connectivity index (χ0n) is 22.7. The summed E-state index contributed by atoms with van der Waals surface area (Å²) in [4.78, 5) is 30.5. The predicted molar refractivity (Wildman–Crippen MR) is 144 cm³/mol. The lowest BCUT2D eigenvalue weighted by Gasteiger charge is -2.24. The van der Waals surface area contributed by atoms with Crippen molar-refractivity contribution in [2.24, 2.45) is 17.8 Å². The highest BCUT2D eigenvalue weighted by atomic mass is 17.1. The van der Waals surface area contributed by atoms with Gasteiger partial charge in [-0.3, -0.25) is 14.8 Å². The summed E-state index contributed by atoms with van der Waals surface area (Å²) in [6.45, 7) is 12.8. The standard InChI is InChI=1S/C31H46O4/c1-22(2)12-9-13-23(3)14-10-15-24(4)16-11-20-31(6,35-34)21-19-26-25(5)29(32)27-17-7-8-18-28(27)30(26)33/h7-8,17-19,21-24,34H,9-16,20H2,1-6H3/b21-19+/t23-,24-,31?/m1/s1. The molecule has 0 saturated heterocycles. The first-order valence-corrected chi connectivity index (χ1v) is 13.5. The average Bonchev–Trinajstić information content (AvgIpc) is 2.82. The Hall–Kier alpha value is -2.04. The SMILES string of the molecule is CC1=C(/C=C/C(C)(CCC[C@H](C)CCC[C@H](C)CCCC(C)C)OO)C(=O)c2ccccc2C1=O. The maximum absolute atomic E-state index is 13.0. The molecule has 0 saturated carbocycles. The molecule has 0 fully saturated rings. The summed E-state index contributed by atoms with van der Waals surface area (Å²) in [6.07, 6.45) is 13.8. The third-order valence-electron chi connectivity index (χ3n) is 7.46. The third-order valence-corrected chi connectivity index (χ3v) is 7.46. The van der Waals surface area contributed by atoms with Crippen LogP contribution in [0.25, 0.3) is 0 Å². The van der Waals surface area contributed by atoms with E-state index in [1.165, 1.54) is 38.5 Å². The van der Waals surface area contributed by atoms with Crippen molar-refractivity contribution < 1.29 is 19.7 Å². The Morgan fingerprint density at radius 1 is 0.857 bits per heavy atom. The predicted octanol–water partition coefficient (Wildman–Crippen LogP) is 8.63. The van der Waals surface area contributed by atoms with Gasteiger partial charge in [0.1, 0.15) is 5.60 Å². The Labute approximate surface area is 212 Å². The number of hydrogen-bond acceptors (Lipinski definition) is 4. The van der Waals surface area contributed by atoms with Crippen molar-refractivity contribution in [3.8, 4) is 0 Å². The topological polar surface area (TPSA) is 63.6 Å². The van der Waals surface area contributed by atoms with E-state index in [4.69, 9.17) is 4.89 Å². The largest absolute Gasteiger partial charge is 0.289 e. The van der Waals surface area contributed by atoms with Crippen LogP contribution in [0.3, 0.4) is 0 Å². The van der Waals surface area contributed by atoms with E-state index in [1.54, 1.807) is 43.3 Å². The van der Waals surface area contributed by atoms with Crippen molar-refractivity contribution in [1.29, 1.82) is 0 Å². The number of fused-ring (bicyclic) bond motifs is 1. The van der Waals surface area contributed by atoms with Gasteiger partial charge >= 0.3 is 0 Å². The van der Waals surface area contributed by atoms with E-state index in [-0.39, 0.29) is 11.6 Å². The van der Waals surface area contributed by atoms with Gasteiger partial charge in [-0.25, -0.2) is 4.89 Å². The zero-order valence-corrected chi connectivity index (χ0v) is 22.7. The van der Waals surface area contributed by atoms with Crippen molar-refractivity contribution in [3.05, 3.63) is 58.7 Å². The van der Waals surface area contributed by atoms with Crippen LogP contribution in [-0.2, 0) is 4.89 Å². The molecule has 1 unspecified atom stereocenters. The molecule has 0 radical (unpaired) electrons. The van der Waals surface area contributed by atoms with E-state index in [0.29, 0.717) is 34.6 Å². The average molecular weight is 483 g/mol. The molecule has 0 aromatic heterocycles. The number of ketones is 2. The van der Waals surface area contributed by atoms with Crippen molar-refractivity contribution in [2.75, 3.05) is 0 Å². The van der Waals surface area contributed by atoms with Gasteiger partial charge in [0.15, 0.2) is 11.6 Å². The maximum atomic E-state index is 13.0. The summed E-state index contributed by atoms with van der Waals surface area (Å²) in [7, 11) is 0. The number of Topliss-reactive ketones (excluding diaryl/α,β-unsaturated/α-hetero) is 2. The Bertz CT molecular complexity index is 910. The van der Waals surface area contributed by atoms with Crippen molar-refractivity contribution >= 4 is 11.6 Å². The van der Waals surface area contributed by atoms with Gasteiger partial charge in [-0.15, -0.1) is 0 Å². The summed E-state index contributed by atoms with van der Waals surface area (Å²) in [5.74, 6) is 1.93. The van der Waals surface area contributed by atoms with Crippen molar-refractivity contribution in [3.63, 3.8) is 0 Å². The second kappa shape index (κ2) is 13.9. The quantitative estimate of drug-likeness (QED) is 0.201. The van der Waals surface area contributed by atoms with Crippen molar-refractivity contribution in [2.45, 2.75) is 105 Å². The lowest BCUT2D eigenvalue weighted by molar-refractivity contribution is -0.304. The molecule has 3 atom stereocenters. The second-order valence-electron chi connectivity index (χ2n) is 11.3. The first kappa shape index (κ1) is 29.2. The monoisotopic (exact) mass is 482 g/mol. The Kier molecular flexibility index (Phi) is 11.6. The third kappa shape index (κ3) is 8.84. The Morgan fingerprint density at radius 2 is 1.37 bits per heavy atom. The van der Waals surface area contributed by atoms with Crippen LogP contribution in [0.2, 0.25) is 0 Å². The molecule has 194 valence electrons. The molecule has 1 aromatic carbocycles. The summed E-state index contributed by atoms with van der Waals surface area (Å²) in [5.41, 5.74) is 0.771. The number of benzene rings is 1. The van der Waals surface area contributed by atoms with E-state index < -0.39 is 5.60 Å². The van der Waals surface area contributed by atoms with E-state index in [1.807, 2.05) is 6.92 Å². The zero-order chi connectivity index (χ0) is 26.0. The number of rotatable bonds is 15. The van der Waals surface area contributed by atoms with Crippen LogP contribution in [-0.4, -0.2) is 22.4 Å². The normalized spacial score (nSPS) is 17.7. The van der Waals surface area contributed by atoms with Gasteiger partial charge in [-0.1, -0.05) is 103 Å². The van der Waals surface area contributed by atoms with E-state index in [9.17, 15) is 14.8 Å². The fourth-order valence-corrected chi connectivity index (χ4v) is 4.92. The minimum absolute atomic E-state index is 0.130. The summed E-state index contributed by atoms with van der Waals surface area (Å²) in [6, 6.07) is 6.91. The van der Waals surface area contributed by atoms with Gasteiger partial charge in [0.2, 0.25) is 0 Å². The highest BCUT2D eigenvalue weighted by Gasteiger charge is 2.29. The van der Waals surface area contributed by atoms with Crippen LogP contribution in [0.15, 0.2) is 47.6 Å².